The molecule has 1 aromatic rings. The van der Waals surface area contributed by atoms with E-state index in [4.69, 9.17) is 0 Å². The number of para-hydroxylation sites is 1. The highest BCUT2D eigenvalue weighted by Crippen LogP contribution is 2.18. The molecule has 0 spiro atoms. The molecule has 0 aliphatic heterocycles. The summed E-state index contributed by atoms with van der Waals surface area (Å²) in [6, 6.07) is 7.10. The molecule has 1 rings (SSSR count). The van der Waals surface area contributed by atoms with Crippen molar-refractivity contribution >= 4 is 5.69 Å². The maximum Gasteiger partial charge on any atom is 0.146 e. The van der Waals surface area contributed by atoms with Crippen molar-refractivity contribution in [3.63, 3.8) is 0 Å². The Morgan fingerprint density at radius 1 is 1.43 bits per heavy atom. The summed E-state index contributed by atoms with van der Waals surface area (Å²) in [4.78, 5) is 1.94. The Labute approximate surface area is 84.7 Å². The van der Waals surface area contributed by atoms with E-state index in [1.807, 2.05) is 25.1 Å². The van der Waals surface area contributed by atoms with Crippen LogP contribution in [0.3, 0.4) is 0 Å². The predicted octanol–water partition coefficient (Wildman–Crippen LogP) is 1.87. The molecule has 0 heterocycles. The van der Waals surface area contributed by atoms with Crippen LogP contribution in [-0.4, -0.2) is 26.7 Å². The topological polar surface area (TPSA) is 15.3 Å². The number of nitrogens with zero attached hydrogens (tertiary/aromatic N) is 1. The van der Waals surface area contributed by atoms with Crippen LogP contribution in [0.2, 0.25) is 0 Å². The van der Waals surface area contributed by atoms with Gasteiger partial charge in [0.2, 0.25) is 0 Å². The van der Waals surface area contributed by atoms with Gasteiger partial charge in [-0.1, -0.05) is 12.1 Å². The monoisotopic (exact) mass is 196 g/mol. The quantitative estimate of drug-likeness (QED) is 0.791. The fourth-order valence-electron chi connectivity index (χ4n) is 1.41. The van der Waals surface area contributed by atoms with Gasteiger partial charge in [-0.15, -0.1) is 0 Å². The minimum absolute atomic E-state index is 0.169. The number of hydrogen-bond acceptors (Lipinski definition) is 2. The van der Waals surface area contributed by atoms with Crippen molar-refractivity contribution in [2.75, 3.05) is 25.5 Å². The number of hydrogen-bond donors (Lipinski definition) is 1. The number of anilines is 1. The second-order valence-corrected chi connectivity index (χ2v) is 3.47. The molecule has 1 atom stereocenters. The highest BCUT2D eigenvalue weighted by Gasteiger charge is 2.11. The maximum atomic E-state index is 13.4. The normalized spacial score (nSPS) is 12.6. The Hall–Kier alpha value is -1.09. The van der Waals surface area contributed by atoms with E-state index in [1.165, 1.54) is 6.07 Å². The van der Waals surface area contributed by atoms with Crippen LogP contribution in [0.5, 0.6) is 0 Å². The number of halogens is 1. The Morgan fingerprint density at radius 2 is 2.07 bits per heavy atom. The van der Waals surface area contributed by atoms with E-state index in [9.17, 15) is 4.39 Å². The third kappa shape index (κ3) is 2.45. The first-order chi connectivity index (χ1) is 6.66. The van der Waals surface area contributed by atoms with Crippen LogP contribution in [0.4, 0.5) is 10.1 Å². The summed E-state index contributed by atoms with van der Waals surface area (Å²) in [7, 11) is 3.80. The molecule has 2 nitrogen and oxygen atoms in total. The summed E-state index contributed by atoms with van der Waals surface area (Å²) in [6.07, 6.45) is 0. The Bertz CT molecular complexity index is 288. The molecule has 3 heteroatoms. The zero-order chi connectivity index (χ0) is 10.6. The number of benzene rings is 1. The van der Waals surface area contributed by atoms with Gasteiger partial charge in [-0.05, 0) is 26.1 Å². The van der Waals surface area contributed by atoms with Crippen LogP contribution >= 0.6 is 0 Å². The predicted molar refractivity (Wildman–Crippen MR) is 58.2 cm³/mol. The first-order valence-electron chi connectivity index (χ1n) is 4.78. The maximum absolute atomic E-state index is 13.4. The molecule has 0 aromatic heterocycles. The van der Waals surface area contributed by atoms with Crippen LogP contribution in [0, 0.1) is 5.82 Å². The van der Waals surface area contributed by atoms with E-state index in [-0.39, 0.29) is 11.9 Å². The fraction of sp³-hybridized carbons (Fsp3) is 0.455. The molecule has 1 N–H and O–H groups in total. The summed E-state index contributed by atoms with van der Waals surface area (Å²) < 4.78 is 13.4. The molecule has 0 aliphatic carbocycles. The van der Waals surface area contributed by atoms with Crippen molar-refractivity contribution in [2.24, 2.45) is 0 Å². The summed E-state index contributed by atoms with van der Waals surface area (Å²) in [5.41, 5.74) is 0.648. The molecule has 78 valence electrons. The van der Waals surface area contributed by atoms with Gasteiger partial charge in [-0.2, -0.15) is 0 Å². The average Bonchev–Trinajstić information content (AvgIpc) is 2.18. The summed E-state index contributed by atoms with van der Waals surface area (Å²) in [5, 5.41) is 3.07. The molecule has 0 aliphatic rings. The van der Waals surface area contributed by atoms with Crippen molar-refractivity contribution in [1.29, 1.82) is 0 Å². The van der Waals surface area contributed by atoms with Crippen LogP contribution in [0.15, 0.2) is 24.3 Å². The fourth-order valence-corrected chi connectivity index (χ4v) is 1.41. The lowest BCUT2D eigenvalue weighted by molar-refractivity contribution is 0.590. The van der Waals surface area contributed by atoms with Gasteiger partial charge in [-0.3, -0.25) is 0 Å². The number of rotatable bonds is 4. The second-order valence-electron chi connectivity index (χ2n) is 3.47. The van der Waals surface area contributed by atoms with Crippen LogP contribution in [-0.2, 0) is 0 Å². The van der Waals surface area contributed by atoms with E-state index >= 15 is 0 Å². The SMILES string of the molecule is CNCC(C)N(C)c1ccccc1F. The number of likely N-dealkylation sites (N-methyl/N-ethyl adjacent to an activating group) is 2. The van der Waals surface area contributed by atoms with Gasteiger partial charge < -0.3 is 10.2 Å². The standard InChI is InChI=1S/C11H17FN2/c1-9(8-13-2)14(3)11-7-5-4-6-10(11)12/h4-7,9,13H,8H2,1-3H3. The summed E-state index contributed by atoms with van der Waals surface area (Å²) >= 11 is 0. The Balaban J connectivity index is 2.78. The van der Waals surface area contributed by atoms with E-state index in [2.05, 4.69) is 12.2 Å². The molecule has 1 unspecified atom stereocenters. The molecule has 0 radical (unpaired) electrons. The van der Waals surface area contributed by atoms with Gasteiger partial charge in [0.1, 0.15) is 5.82 Å². The van der Waals surface area contributed by atoms with Crippen molar-refractivity contribution in [2.45, 2.75) is 13.0 Å². The minimum Gasteiger partial charge on any atom is -0.368 e. The molecule has 0 amide bonds. The van der Waals surface area contributed by atoms with Gasteiger partial charge >= 0.3 is 0 Å². The molecular weight excluding hydrogens is 179 g/mol. The van der Waals surface area contributed by atoms with E-state index in [0.29, 0.717) is 5.69 Å². The zero-order valence-electron chi connectivity index (χ0n) is 8.92. The third-order valence-corrected chi connectivity index (χ3v) is 2.39. The molecule has 0 saturated carbocycles. The second kappa shape index (κ2) is 4.96. The van der Waals surface area contributed by atoms with Crippen LogP contribution in [0.1, 0.15) is 6.92 Å². The molecular formula is C11H17FN2. The summed E-state index contributed by atoms with van der Waals surface area (Å²) in [6.45, 7) is 2.90. The van der Waals surface area contributed by atoms with Crippen molar-refractivity contribution < 1.29 is 4.39 Å². The molecule has 14 heavy (non-hydrogen) atoms. The highest BCUT2D eigenvalue weighted by molar-refractivity contribution is 5.47. The molecule has 0 fully saturated rings. The number of nitrogens with one attached hydrogen (secondary N) is 1. The average molecular weight is 196 g/mol. The van der Waals surface area contributed by atoms with Gasteiger partial charge in [0.25, 0.3) is 0 Å². The Morgan fingerprint density at radius 3 is 2.64 bits per heavy atom. The van der Waals surface area contributed by atoms with E-state index in [0.717, 1.165) is 6.54 Å². The summed E-state index contributed by atoms with van der Waals surface area (Å²) in [5.74, 6) is -0.169. The van der Waals surface area contributed by atoms with Gasteiger partial charge in [-0.25, -0.2) is 4.39 Å². The van der Waals surface area contributed by atoms with Crippen molar-refractivity contribution in [3.05, 3.63) is 30.1 Å². The lowest BCUT2D eigenvalue weighted by atomic mass is 10.2. The van der Waals surface area contributed by atoms with E-state index in [1.54, 1.807) is 12.1 Å². The van der Waals surface area contributed by atoms with Crippen LogP contribution < -0.4 is 10.2 Å². The first-order valence-corrected chi connectivity index (χ1v) is 4.78. The molecule has 1 aromatic carbocycles. The van der Waals surface area contributed by atoms with Crippen molar-refractivity contribution in [3.8, 4) is 0 Å². The molecule has 0 bridgehead atoms. The smallest absolute Gasteiger partial charge is 0.146 e. The van der Waals surface area contributed by atoms with Crippen molar-refractivity contribution in [1.82, 2.24) is 5.32 Å². The molecule has 0 saturated heterocycles. The first kappa shape index (κ1) is 11.0. The Kier molecular flexibility index (Phi) is 3.89. The van der Waals surface area contributed by atoms with Crippen LogP contribution in [0.25, 0.3) is 0 Å². The largest absolute Gasteiger partial charge is 0.368 e. The third-order valence-electron chi connectivity index (χ3n) is 2.39. The van der Waals surface area contributed by atoms with Gasteiger partial charge in [0, 0.05) is 19.6 Å². The lowest BCUT2D eigenvalue weighted by Gasteiger charge is -2.27. The van der Waals surface area contributed by atoms with E-state index < -0.39 is 0 Å². The lowest BCUT2D eigenvalue weighted by Crippen LogP contribution is -2.37. The zero-order valence-corrected chi connectivity index (χ0v) is 8.92. The minimum atomic E-state index is -0.169. The van der Waals surface area contributed by atoms with Gasteiger partial charge in [0.15, 0.2) is 0 Å². The van der Waals surface area contributed by atoms with Gasteiger partial charge in [0.05, 0.1) is 5.69 Å². The highest BCUT2D eigenvalue weighted by atomic mass is 19.1.